The maximum absolute atomic E-state index is 11.1. The summed E-state index contributed by atoms with van der Waals surface area (Å²) in [6.45, 7) is 5.81. The highest BCUT2D eigenvalue weighted by molar-refractivity contribution is 8.13. The molecule has 0 radical (unpaired) electrons. The van der Waals surface area contributed by atoms with E-state index >= 15 is 0 Å². The van der Waals surface area contributed by atoms with Crippen LogP contribution in [0.4, 0.5) is 0 Å². The number of rotatable bonds is 6. The molecule has 0 aromatic heterocycles. The number of hydrogen-bond acceptors (Lipinski definition) is 2. The zero-order chi connectivity index (χ0) is 13.8. The van der Waals surface area contributed by atoms with E-state index in [1.165, 1.54) is 12.1 Å². The second-order valence-electron chi connectivity index (χ2n) is 4.49. The molecule has 18 heavy (non-hydrogen) atoms. The molecule has 2 nitrogen and oxygen atoms in total. The molecule has 0 heterocycles. The average Bonchev–Trinajstić information content (AvgIpc) is 2.26. The minimum atomic E-state index is -3.63. The van der Waals surface area contributed by atoms with Gasteiger partial charge in [0.2, 0.25) is 0 Å². The van der Waals surface area contributed by atoms with Crippen LogP contribution in [0.2, 0.25) is 18.6 Å². The Morgan fingerprint density at radius 2 is 1.89 bits per heavy atom. The van der Waals surface area contributed by atoms with E-state index in [1.807, 2.05) is 6.08 Å². The van der Waals surface area contributed by atoms with E-state index in [2.05, 4.69) is 13.1 Å². The smallest absolute Gasteiger partial charge is 0.207 e. The predicted molar refractivity (Wildman–Crippen MR) is 80.5 cm³/mol. The number of aryl methyl sites for hydroxylation is 1. The lowest BCUT2D eigenvalue weighted by Gasteiger charge is -2.16. The molecule has 1 atom stereocenters. The number of allylic oxidation sites excluding steroid dienone is 1. The summed E-state index contributed by atoms with van der Waals surface area (Å²) in [7, 11) is -0.108. The first kappa shape index (κ1) is 15.8. The molecule has 1 aromatic rings. The highest BCUT2D eigenvalue weighted by Crippen LogP contribution is 2.24. The van der Waals surface area contributed by atoms with Crippen molar-refractivity contribution in [3.05, 3.63) is 42.5 Å². The van der Waals surface area contributed by atoms with Crippen LogP contribution >= 0.6 is 21.8 Å². The van der Waals surface area contributed by atoms with E-state index in [-0.39, 0.29) is 4.90 Å². The molecular weight excluding hydrogens is 307 g/mol. The molecule has 0 saturated heterocycles. The van der Waals surface area contributed by atoms with Crippen molar-refractivity contribution in [2.45, 2.75) is 30.0 Å². The molecule has 6 heteroatoms. The molecular formula is C12H16Cl2O2SSi. The van der Waals surface area contributed by atoms with Crippen molar-refractivity contribution in [1.82, 2.24) is 0 Å². The third-order valence-electron chi connectivity index (χ3n) is 2.71. The quantitative estimate of drug-likeness (QED) is 0.341. The molecule has 100 valence electrons. The van der Waals surface area contributed by atoms with Gasteiger partial charge >= 0.3 is 0 Å². The lowest BCUT2D eigenvalue weighted by molar-refractivity contribution is 0.609. The third kappa shape index (κ3) is 5.14. The van der Waals surface area contributed by atoms with Crippen molar-refractivity contribution in [2.75, 3.05) is 0 Å². The summed E-state index contributed by atoms with van der Waals surface area (Å²) in [5.74, 6) is 0. The molecule has 1 rings (SSSR count). The van der Waals surface area contributed by atoms with Crippen molar-refractivity contribution in [1.29, 1.82) is 0 Å². The Kier molecular flexibility index (Phi) is 5.46. The van der Waals surface area contributed by atoms with Gasteiger partial charge in [-0.05, 0) is 36.2 Å². The Labute approximate surface area is 119 Å². The molecule has 0 N–H and O–H groups in total. The van der Waals surface area contributed by atoms with Crippen LogP contribution in [-0.2, 0) is 15.5 Å². The third-order valence-corrected chi connectivity index (χ3v) is 7.54. The van der Waals surface area contributed by atoms with Gasteiger partial charge < -0.3 is 0 Å². The van der Waals surface area contributed by atoms with Crippen LogP contribution in [0, 0.1) is 0 Å². The van der Waals surface area contributed by atoms with Gasteiger partial charge in [0.1, 0.15) is 0 Å². The molecule has 0 bridgehead atoms. The van der Waals surface area contributed by atoms with Crippen molar-refractivity contribution in [3.63, 3.8) is 0 Å². The van der Waals surface area contributed by atoms with Crippen molar-refractivity contribution in [2.24, 2.45) is 0 Å². The summed E-state index contributed by atoms with van der Waals surface area (Å²) in [5, 5.41) is 0. The lowest BCUT2D eigenvalue weighted by Crippen LogP contribution is -2.21. The van der Waals surface area contributed by atoms with Gasteiger partial charge in [0, 0.05) is 10.7 Å². The van der Waals surface area contributed by atoms with E-state index in [1.54, 1.807) is 12.1 Å². The van der Waals surface area contributed by atoms with Crippen LogP contribution < -0.4 is 0 Å². The van der Waals surface area contributed by atoms with Crippen molar-refractivity contribution in [3.8, 4) is 0 Å². The molecule has 1 unspecified atom stereocenters. The average molecular weight is 323 g/mol. The monoisotopic (exact) mass is 322 g/mol. The highest BCUT2D eigenvalue weighted by atomic mass is 35.7. The lowest BCUT2D eigenvalue weighted by atomic mass is 10.2. The molecule has 1 aromatic carbocycles. The van der Waals surface area contributed by atoms with Gasteiger partial charge in [-0.1, -0.05) is 24.8 Å². The molecule has 0 fully saturated rings. The summed E-state index contributed by atoms with van der Waals surface area (Å²) >= 11 is 6.44. The maximum Gasteiger partial charge on any atom is 0.261 e. The van der Waals surface area contributed by atoms with E-state index in [0.717, 1.165) is 24.1 Å². The molecule has 0 aliphatic rings. The Morgan fingerprint density at radius 1 is 1.33 bits per heavy atom. The normalized spacial score (nSPS) is 15.1. The van der Waals surface area contributed by atoms with Gasteiger partial charge in [-0.15, -0.1) is 6.58 Å². The largest absolute Gasteiger partial charge is 0.261 e. The number of halogens is 2. The SMILES string of the molecule is C=CC[Si](C)(Cl)CCc1ccc(S(=O)(=O)Cl)cc1. The summed E-state index contributed by atoms with van der Waals surface area (Å²) in [6.07, 6.45) is 2.71. The van der Waals surface area contributed by atoms with E-state index < -0.39 is 16.4 Å². The predicted octanol–water partition coefficient (Wildman–Crippen LogP) is 4.16. The van der Waals surface area contributed by atoms with Crippen LogP contribution in [0.15, 0.2) is 41.8 Å². The zero-order valence-electron chi connectivity index (χ0n) is 10.2. The van der Waals surface area contributed by atoms with Crippen molar-refractivity contribution < 1.29 is 8.42 Å². The fourth-order valence-corrected chi connectivity index (χ4v) is 4.62. The van der Waals surface area contributed by atoms with Gasteiger partial charge in [-0.2, -0.15) is 11.1 Å². The topological polar surface area (TPSA) is 34.1 Å². The van der Waals surface area contributed by atoms with Gasteiger partial charge in [-0.3, -0.25) is 0 Å². The summed E-state index contributed by atoms with van der Waals surface area (Å²) < 4.78 is 22.2. The summed E-state index contributed by atoms with van der Waals surface area (Å²) in [4.78, 5) is 0.130. The van der Waals surface area contributed by atoms with Crippen LogP contribution in [0.3, 0.4) is 0 Å². The Hall–Kier alpha value is -0.293. The van der Waals surface area contributed by atoms with Crippen molar-refractivity contribution >= 4 is 38.2 Å². The number of benzene rings is 1. The molecule has 0 spiro atoms. The summed E-state index contributed by atoms with van der Waals surface area (Å²) in [5.41, 5.74) is 1.07. The zero-order valence-corrected chi connectivity index (χ0v) is 13.5. The van der Waals surface area contributed by atoms with Crippen LogP contribution in [0.25, 0.3) is 0 Å². The first-order valence-corrected chi connectivity index (χ1v) is 11.8. The highest BCUT2D eigenvalue weighted by Gasteiger charge is 2.22. The number of hydrogen-bond donors (Lipinski definition) is 0. The van der Waals surface area contributed by atoms with Crippen LogP contribution in [0.5, 0.6) is 0 Å². The molecule has 0 saturated carbocycles. The fourth-order valence-electron chi connectivity index (χ4n) is 1.63. The first-order valence-electron chi connectivity index (χ1n) is 5.58. The minimum absolute atomic E-state index is 0.130. The van der Waals surface area contributed by atoms with Gasteiger partial charge in [0.25, 0.3) is 9.05 Å². The van der Waals surface area contributed by atoms with Gasteiger partial charge in [-0.25, -0.2) is 8.42 Å². The van der Waals surface area contributed by atoms with Gasteiger partial charge in [0.15, 0.2) is 7.38 Å². The van der Waals surface area contributed by atoms with E-state index in [0.29, 0.717) is 0 Å². The Balaban J connectivity index is 2.68. The van der Waals surface area contributed by atoms with Gasteiger partial charge in [0.05, 0.1) is 4.90 Å². The Morgan fingerprint density at radius 3 is 2.33 bits per heavy atom. The van der Waals surface area contributed by atoms with Crippen LogP contribution in [0.1, 0.15) is 5.56 Å². The minimum Gasteiger partial charge on any atom is -0.207 e. The molecule has 0 amide bonds. The second kappa shape index (κ2) is 6.24. The first-order chi connectivity index (χ1) is 8.24. The summed E-state index contributed by atoms with van der Waals surface area (Å²) in [6, 6.07) is 8.43. The Bertz CT molecular complexity index is 509. The van der Waals surface area contributed by atoms with E-state index in [9.17, 15) is 8.42 Å². The fraction of sp³-hybridized carbons (Fsp3) is 0.333. The second-order valence-corrected chi connectivity index (χ2v) is 13.5. The molecule has 0 aliphatic heterocycles. The van der Waals surface area contributed by atoms with Crippen LogP contribution in [-0.4, -0.2) is 15.8 Å². The maximum atomic E-state index is 11.1. The van der Waals surface area contributed by atoms with E-state index in [4.69, 9.17) is 21.8 Å². The molecule has 0 aliphatic carbocycles. The standard InChI is InChI=1S/C12H16Cl2O2SSi/c1-3-9-18(2,14)10-8-11-4-6-12(7-5-11)17(13,15)16/h3-7H,1,8-10H2,2H3.